The maximum absolute atomic E-state index is 12.5. The van der Waals surface area contributed by atoms with Crippen LogP contribution in [0.3, 0.4) is 0 Å². The molecule has 1 aromatic rings. The van der Waals surface area contributed by atoms with Crippen LogP contribution in [0.1, 0.15) is 46.1 Å². The lowest BCUT2D eigenvalue weighted by Crippen LogP contribution is -2.73. The average Bonchev–Trinajstić information content (AvgIpc) is 3.39. The van der Waals surface area contributed by atoms with Crippen molar-refractivity contribution in [3.63, 3.8) is 0 Å². The minimum atomic E-state index is -2.49. The van der Waals surface area contributed by atoms with Crippen molar-refractivity contribution >= 4 is 5.78 Å². The second-order valence-corrected chi connectivity index (χ2v) is 14.0. The second kappa shape index (κ2) is 11.6. The largest absolute Gasteiger partial charge is 0.390 e. The summed E-state index contributed by atoms with van der Waals surface area (Å²) in [7, 11) is 0. The summed E-state index contributed by atoms with van der Waals surface area (Å²) in [4.78, 5) is 12.1. The molecule has 5 fully saturated rings. The highest BCUT2D eigenvalue weighted by Crippen LogP contribution is 2.72. The van der Waals surface area contributed by atoms with E-state index in [1.807, 2.05) is 51.1 Å². The minimum Gasteiger partial charge on any atom is -0.390 e. The van der Waals surface area contributed by atoms with Crippen LogP contribution in [0, 0.1) is 23.7 Å². The van der Waals surface area contributed by atoms with Gasteiger partial charge in [0.1, 0.15) is 29.0 Å². The van der Waals surface area contributed by atoms with Crippen molar-refractivity contribution in [2.24, 2.45) is 23.7 Å². The van der Waals surface area contributed by atoms with Crippen molar-refractivity contribution in [1.82, 2.24) is 0 Å². The zero-order valence-corrected chi connectivity index (χ0v) is 26.8. The molecule has 0 radical (unpaired) electrons. The molecule has 3 saturated carbocycles. The second-order valence-electron chi connectivity index (χ2n) is 14.0. The fraction of sp³-hybridized carbons (Fsp3) is 0.583. The van der Waals surface area contributed by atoms with Gasteiger partial charge in [-0.1, -0.05) is 75.1 Å². The molecular weight excluding hydrogens is 592 g/mol. The van der Waals surface area contributed by atoms with Crippen LogP contribution in [0.15, 0.2) is 78.9 Å². The first kappa shape index (κ1) is 33.4. The highest BCUT2D eigenvalue weighted by atomic mass is 16.9. The average molecular weight is 639 g/mol. The lowest BCUT2D eigenvalue weighted by Gasteiger charge is -2.61. The van der Waals surface area contributed by atoms with Crippen LogP contribution in [-0.4, -0.2) is 91.3 Å². The number of hydrogen-bond acceptors (Lipinski definition) is 10. The molecule has 0 amide bonds. The predicted molar refractivity (Wildman–Crippen MR) is 167 cm³/mol. The number of ether oxygens (including phenoxy) is 4. The molecule has 5 N–H and O–H groups in total. The number of benzene rings is 1. The summed E-state index contributed by atoms with van der Waals surface area (Å²) in [6.07, 6.45) is 3.70. The van der Waals surface area contributed by atoms with E-state index in [9.17, 15) is 30.3 Å². The predicted octanol–water partition coefficient (Wildman–Crippen LogP) is 2.44. The molecule has 2 saturated heterocycles. The van der Waals surface area contributed by atoms with Crippen molar-refractivity contribution in [3.8, 4) is 0 Å². The monoisotopic (exact) mass is 638 g/mol. The van der Waals surface area contributed by atoms with Gasteiger partial charge in [-0.3, -0.25) is 4.79 Å². The molecule has 250 valence electrons. The van der Waals surface area contributed by atoms with Gasteiger partial charge in [-0.2, -0.15) is 0 Å². The molecule has 2 aliphatic heterocycles. The molecule has 1 aromatic carbocycles. The number of ketones is 1. The topological polar surface area (TPSA) is 155 Å². The highest BCUT2D eigenvalue weighted by molar-refractivity contribution is 5.99. The number of fused-ring (bicyclic) bond motifs is 2. The molecule has 10 heteroatoms. The summed E-state index contributed by atoms with van der Waals surface area (Å²) in [6, 6.07) is 9.14. The zero-order chi connectivity index (χ0) is 33.3. The standard InChI is InChI=1S/C36H46O10/c1-6-7-9-15-25(37)16-12-17-43-20-32(41)29(39)27-30-33(21(2)3)19-23(5)35(27,26-18-22(4)28(38)34(26,42)31(32)40)46-36(44-30,45-33)24-13-10-8-11-14-24/h6-16,22-23,26-31,38-42H,2,17-20H2,1,3-5H3/t22-,23+,26-,27+,28-,29-,30-,31+,32-,33-,34+,35-,36+/m0/s1. The smallest absolute Gasteiger partial charge is 0.313 e. The molecule has 10 nitrogen and oxygen atoms in total. The van der Waals surface area contributed by atoms with E-state index >= 15 is 0 Å². The van der Waals surface area contributed by atoms with E-state index in [1.165, 1.54) is 18.2 Å². The van der Waals surface area contributed by atoms with E-state index in [1.54, 1.807) is 25.2 Å². The fourth-order valence-corrected chi connectivity index (χ4v) is 9.18. The van der Waals surface area contributed by atoms with Crippen LogP contribution < -0.4 is 0 Å². The maximum atomic E-state index is 12.5. The molecule has 3 aliphatic carbocycles. The first-order valence-corrected chi connectivity index (χ1v) is 16.1. The molecule has 46 heavy (non-hydrogen) atoms. The molecule has 6 rings (SSSR count). The van der Waals surface area contributed by atoms with E-state index < -0.39 is 83.1 Å². The lowest BCUT2D eigenvalue weighted by molar-refractivity contribution is -0.446. The van der Waals surface area contributed by atoms with Gasteiger partial charge < -0.3 is 44.5 Å². The highest BCUT2D eigenvalue weighted by Gasteiger charge is 2.84. The lowest BCUT2D eigenvalue weighted by atomic mass is 9.53. The van der Waals surface area contributed by atoms with E-state index in [4.69, 9.17) is 18.9 Å². The Morgan fingerprint density at radius 2 is 1.78 bits per heavy atom. The number of rotatable bonds is 9. The van der Waals surface area contributed by atoms with Crippen molar-refractivity contribution in [3.05, 3.63) is 84.5 Å². The van der Waals surface area contributed by atoms with Gasteiger partial charge in [-0.15, -0.1) is 0 Å². The van der Waals surface area contributed by atoms with E-state index in [0.717, 1.165) is 0 Å². The Balaban J connectivity index is 1.44. The summed E-state index contributed by atoms with van der Waals surface area (Å²) < 4.78 is 26.3. The molecule has 0 unspecified atom stereocenters. The van der Waals surface area contributed by atoms with Gasteiger partial charge in [0.15, 0.2) is 5.78 Å². The van der Waals surface area contributed by atoms with Gasteiger partial charge in [-0.05, 0) is 56.3 Å². The Morgan fingerprint density at radius 3 is 2.46 bits per heavy atom. The first-order chi connectivity index (χ1) is 21.7. The summed E-state index contributed by atoms with van der Waals surface area (Å²) in [5, 5.41) is 60.8. The molecular formula is C36H46O10. The minimum absolute atomic E-state index is 0.135. The van der Waals surface area contributed by atoms with Gasteiger partial charge in [0.05, 0.1) is 31.0 Å². The van der Waals surface area contributed by atoms with Gasteiger partial charge in [0, 0.05) is 17.4 Å². The third-order valence-electron chi connectivity index (χ3n) is 11.3. The number of carbonyl (C=O) groups is 1. The summed E-state index contributed by atoms with van der Waals surface area (Å²) in [6.45, 7) is 10.9. The van der Waals surface area contributed by atoms with E-state index in [-0.39, 0.29) is 18.8 Å². The Morgan fingerprint density at radius 1 is 1.07 bits per heavy atom. The normalized spacial score (nSPS) is 47.8. The summed E-state index contributed by atoms with van der Waals surface area (Å²) >= 11 is 0. The fourth-order valence-electron chi connectivity index (χ4n) is 9.18. The summed E-state index contributed by atoms with van der Waals surface area (Å²) in [5.74, 6) is -4.88. The van der Waals surface area contributed by atoms with Gasteiger partial charge in [-0.25, -0.2) is 0 Å². The number of aliphatic hydroxyl groups is 5. The van der Waals surface area contributed by atoms with Crippen LogP contribution in [-0.2, 0) is 29.7 Å². The van der Waals surface area contributed by atoms with E-state index in [2.05, 4.69) is 6.58 Å². The van der Waals surface area contributed by atoms with Crippen molar-refractivity contribution < 1.29 is 49.3 Å². The Kier molecular flexibility index (Phi) is 8.40. The van der Waals surface area contributed by atoms with Crippen LogP contribution in [0.5, 0.6) is 0 Å². The van der Waals surface area contributed by atoms with Gasteiger partial charge >= 0.3 is 5.97 Å². The number of aliphatic hydroxyl groups excluding tert-OH is 3. The molecule has 13 atom stereocenters. The van der Waals surface area contributed by atoms with Crippen molar-refractivity contribution in [2.75, 3.05) is 13.2 Å². The maximum Gasteiger partial charge on any atom is 0.313 e. The molecule has 5 aliphatic rings. The molecule has 0 aromatic heterocycles. The number of hydrogen-bond donors (Lipinski definition) is 5. The van der Waals surface area contributed by atoms with Gasteiger partial charge in [0.25, 0.3) is 0 Å². The number of allylic oxidation sites excluding steroid dienone is 5. The Labute approximate surface area is 269 Å². The molecule has 0 spiro atoms. The number of carbonyl (C=O) groups excluding carboxylic acids is 1. The molecule has 2 heterocycles. The quantitative estimate of drug-likeness (QED) is 0.118. The van der Waals surface area contributed by atoms with Crippen LogP contribution in [0.2, 0.25) is 0 Å². The van der Waals surface area contributed by atoms with Crippen LogP contribution >= 0.6 is 0 Å². The Bertz CT molecular complexity index is 1440. The van der Waals surface area contributed by atoms with E-state index in [0.29, 0.717) is 17.6 Å². The zero-order valence-electron chi connectivity index (χ0n) is 26.8. The van der Waals surface area contributed by atoms with Crippen molar-refractivity contribution in [2.45, 2.75) is 93.3 Å². The SMILES string of the molecule is C=C(C)[C@@]12C[C@@H](C)[C@@]34O[C@](c5ccccc5)(O[C@H]1[C@H]3[C@H](O)[C@@](O)(COCC=CC(=O)C=CC=CC)[C@@H](O)[C@]1(O)[C@@H](O)[C@@H](C)C[C@@H]14)O2. The third-order valence-corrected chi connectivity index (χ3v) is 11.3. The first-order valence-electron chi connectivity index (χ1n) is 16.1. The van der Waals surface area contributed by atoms with Crippen LogP contribution in [0.25, 0.3) is 0 Å². The molecule has 3 bridgehead atoms. The Hall–Kier alpha value is -2.51. The van der Waals surface area contributed by atoms with Gasteiger partial charge in [0.2, 0.25) is 0 Å². The van der Waals surface area contributed by atoms with Crippen molar-refractivity contribution in [1.29, 1.82) is 0 Å². The third kappa shape index (κ3) is 4.46. The summed E-state index contributed by atoms with van der Waals surface area (Å²) in [5.41, 5.74) is -6.14. The van der Waals surface area contributed by atoms with Crippen LogP contribution in [0.4, 0.5) is 0 Å².